The average Bonchev–Trinajstić information content (AvgIpc) is 2.63. The Hall–Kier alpha value is -0.710. The van der Waals surface area contributed by atoms with Crippen LogP contribution in [0.25, 0.3) is 10.2 Å². The molecule has 2 aromatic heterocycles. The second kappa shape index (κ2) is 4.43. The molecule has 80 valence electrons. The Kier molecular flexibility index (Phi) is 3.19. The first-order valence-corrected chi connectivity index (χ1v) is 5.80. The largest absolute Gasteiger partial charge is 0.384 e. The van der Waals surface area contributed by atoms with Crippen molar-refractivity contribution in [1.82, 2.24) is 9.97 Å². The zero-order chi connectivity index (χ0) is 10.8. The van der Waals surface area contributed by atoms with E-state index in [-0.39, 0.29) is 0 Å². The normalized spacial score (nSPS) is 13.3. The molecule has 0 spiro atoms. The number of nitrogens with zero attached hydrogens (tertiary/aromatic N) is 2. The maximum atomic E-state index is 5.98. The molecule has 3 nitrogen and oxygen atoms in total. The van der Waals surface area contributed by atoms with E-state index >= 15 is 0 Å². The number of aromatic nitrogens is 2. The highest BCUT2D eigenvalue weighted by atomic mass is 35.5. The molecule has 0 aliphatic carbocycles. The standard InChI is InChI=1S/C10H11ClN2OS/c1-6(4-14-2)8-3-7-9(11)12-5-13-10(7)15-8/h3,5-6H,4H2,1-2H3. The number of ether oxygens (including phenoxy) is 1. The molecule has 2 aromatic rings. The van der Waals surface area contributed by atoms with Gasteiger partial charge in [0.05, 0.1) is 6.61 Å². The zero-order valence-electron chi connectivity index (χ0n) is 8.53. The van der Waals surface area contributed by atoms with Crippen LogP contribution in [0.3, 0.4) is 0 Å². The Morgan fingerprint density at radius 2 is 2.33 bits per heavy atom. The minimum absolute atomic E-state index is 0.366. The lowest BCUT2D eigenvalue weighted by Gasteiger charge is -2.05. The van der Waals surface area contributed by atoms with E-state index in [4.69, 9.17) is 16.3 Å². The van der Waals surface area contributed by atoms with Crippen LogP contribution in [0, 0.1) is 0 Å². The zero-order valence-corrected chi connectivity index (χ0v) is 10.1. The van der Waals surface area contributed by atoms with Gasteiger partial charge in [-0.3, -0.25) is 0 Å². The van der Waals surface area contributed by atoms with E-state index in [1.165, 1.54) is 11.2 Å². The van der Waals surface area contributed by atoms with Crippen LogP contribution in [0.2, 0.25) is 5.15 Å². The summed E-state index contributed by atoms with van der Waals surface area (Å²) < 4.78 is 5.12. The van der Waals surface area contributed by atoms with Gasteiger partial charge in [-0.1, -0.05) is 18.5 Å². The molecule has 0 aromatic carbocycles. The molecule has 2 rings (SSSR count). The highest BCUT2D eigenvalue weighted by Crippen LogP contribution is 2.32. The fourth-order valence-electron chi connectivity index (χ4n) is 1.42. The topological polar surface area (TPSA) is 35.0 Å². The molecule has 15 heavy (non-hydrogen) atoms. The first-order valence-electron chi connectivity index (χ1n) is 4.61. The summed E-state index contributed by atoms with van der Waals surface area (Å²) in [6, 6.07) is 2.05. The Bertz CT molecular complexity index is 471. The summed E-state index contributed by atoms with van der Waals surface area (Å²) in [5.41, 5.74) is 0. The first-order chi connectivity index (χ1) is 7.22. The third-order valence-electron chi connectivity index (χ3n) is 2.20. The van der Waals surface area contributed by atoms with Gasteiger partial charge in [-0.2, -0.15) is 0 Å². The molecule has 0 bridgehead atoms. The summed E-state index contributed by atoms with van der Waals surface area (Å²) in [5.74, 6) is 0.366. The van der Waals surface area contributed by atoms with E-state index in [2.05, 4.69) is 16.9 Å². The third kappa shape index (κ3) is 2.12. The Balaban J connectivity index is 2.43. The van der Waals surface area contributed by atoms with Gasteiger partial charge < -0.3 is 4.74 Å². The molecule has 2 heterocycles. The maximum absolute atomic E-state index is 5.98. The number of methoxy groups -OCH3 is 1. The number of thiophene rings is 1. The van der Waals surface area contributed by atoms with Gasteiger partial charge in [0.1, 0.15) is 16.3 Å². The van der Waals surface area contributed by atoms with Crippen LogP contribution in [0.4, 0.5) is 0 Å². The molecule has 0 amide bonds. The monoisotopic (exact) mass is 242 g/mol. The molecule has 0 aliphatic heterocycles. The van der Waals surface area contributed by atoms with Crippen molar-refractivity contribution >= 4 is 33.2 Å². The van der Waals surface area contributed by atoms with E-state index in [1.807, 2.05) is 6.07 Å². The van der Waals surface area contributed by atoms with E-state index in [9.17, 15) is 0 Å². The van der Waals surface area contributed by atoms with Crippen LogP contribution in [-0.4, -0.2) is 23.7 Å². The molecular formula is C10H11ClN2OS. The quantitative estimate of drug-likeness (QED) is 0.776. The first kappa shape index (κ1) is 10.8. The van der Waals surface area contributed by atoms with E-state index in [1.54, 1.807) is 18.4 Å². The van der Waals surface area contributed by atoms with E-state index in [0.29, 0.717) is 17.7 Å². The summed E-state index contributed by atoms with van der Waals surface area (Å²) >= 11 is 7.62. The van der Waals surface area contributed by atoms with Gasteiger partial charge in [0.15, 0.2) is 0 Å². The van der Waals surface area contributed by atoms with Crippen molar-refractivity contribution in [2.45, 2.75) is 12.8 Å². The fraction of sp³-hybridized carbons (Fsp3) is 0.400. The number of fused-ring (bicyclic) bond motifs is 1. The molecule has 1 atom stereocenters. The lowest BCUT2D eigenvalue weighted by atomic mass is 10.1. The number of rotatable bonds is 3. The Morgan fingerprint density at radius 3 is 3.00 bits per heavy atom. The van der Waals surface area contributed by atoms with Crippen molar-refractivity contribution in [3.63, 3.8) is 0 Å². The maximum Gasteiger partial charge on any atom is 0.141 e. The lowest BCUT2D eigenvalue weighted by Crippen LogP contribution is -1.98. The predicted molar refractivity (Wildman–Crippen MR) is 62.7 cm³/mol. The SMILES string of the molecule is COCC(C)c1cc2c(Cl)ncnc2s1. The summed E-state index contributed by atoms with van der Waals surface area (Å²) in [7, 11) is 1.70. The van der Waals surface area contributed by atoms with Crippen LogP contribution >= 0.6 is 22.9 Å². The van der Waals surface area contributed by atoms with E-state index < -0.39 is 0 Å². The Labute approximate surface area is 97.1 Å². The number of hydrogen-bond donors (Lipinski definition) is 0. The molecule has 0 radical (unpaired) electrons. The summed E-state index contributed by atoms with van der Waals surface area (Å²) in [6.45, 7) is 2.83. The lowest BCUT2D eigenvalue weighted by molar-refractivity contribution is 0.185. The van der Waals surface area contributed by atoms with Crippen LogP contribution in [0.5, 0.6) is 0 Å². The second-order valence-corrected chi connectivity index (χ2v) is 4.81. The highest BCUT2D eigenvalue weighted by molar-refractivity contribution is 7.18. The minimum Gasteiger partial charge on any atom is -0.384 e. The van der Waals surface area contributed by atoms with Crippen molar-refractivity contribution in [2.75, 3.05) is 13.7 Å². The molecule has 1 unspecified atom stereocenters. The van der Waals surface area contributed by atoms with Crippen LogP contribution < -0.4 is 0 Å². The van der Waals surface area contributed by atoms with E-state index in [0.717, 1.165) is 10.2 Å². The molecule has 0 N–H and O–H groups in total. The summed E-state index contributed by atoms with van der Waals surface area (Å²) in [5, 5.41) is 1.45. The highest BCUT2D eigenvalue weighted by Gasteiger charge is 2.12. The van der Waals surface area contributed by atoms with Crippen molar-refractivity contribution < 1.29 is 4.74 Å². The fourth-order valence-corrected chi connectivity index (χ4v) is 2.70. The summed E-state index contributed by atoms with van der Waals surface area (Å²) in [4.78, 5) is 10.3. The van der Waals surface area contributed by atoms with Gasteiger partial charge in [0, 0.05) is 23.3 Å². The smallest absolute Gasteiger partial charge is 0.141 e. The van der Waals surface area contributed by atoms with Gasteiger partial charge in [0.2, 0.25) is 0 Å². The third-order valence-corrected chi connectivity index (χ3v) is 3.78. The summed E-state index contributed by atoms with van der Waals surface area (Å²) in [6.07, 6.45) is 1.49. The van der Waals surface area contributed by atoms with Gasteiger partial charge >= 0.3 is 0 Å². The number of hydrogen-bond acceptors (Lipinski definition) is 4. The van der Waals surface area contributed by atoms with Crippen molar-refractivity contribution in [1.29, 1.82) is 0 Å². The van der Waals surface area contributed by atoms with Crippen molar-refractivity contribution in [3.8, 4) is 0 Å². The molecular weight excluding hydrogens is 232 g/mol. The van der Waals surface area contributed by atoms with Crippen molar-refractivity contribution in [3.05, 3.63) is 22.4 Å². The number of halogens is 1. The van der Waals surface area contributed by atoms with Crippen LogP contribution in [0.1, 0.15) is 17.7 Å². The molecule has 5 heteroatoms. The second-order valence-electron chi connectivity index (χ2n) is 3.39. The van der Waals surface area contributed by atoms with Crippen LogP contribution in [-0.2, 0) is 4.74 Å². The van der Waals surface area contributed by atoms with Gasteiger partial charge in [-0.05, 0) is 6.07 Å². The molecule has 0 saturated heterocycles. The van der Waals surface area contributed by atoms with Gasteiger partial charge in [0.25, 0.3) is 0 Å². The predicted octanol–water partition coefficient (Wildman–Crippen LogP) is 3.09. The van der Waals surface area contributed by atoms with Gasteiger partial charge in [-0.25, -0.2) is 9.97 Å². The molecule has 0 aliphatic rings. The van der Waals surface area contributed by atoms with Crippen LogP contribution in [0.15, 0.2) is 12.4 Å². The van der Waals surface area contributed by atoms with Gasteiger partial charge in [-0.15, -0.1) is 11.3 Å². The Morgan fingerprint density at radius 1 is 1.53 bits per heavy atom. The minimum atomic E-state index is 0.366. The van der Waals surface area contributed by atoms with Crippen molar-refractivity contribution in [2.24, 2.45) is 0 Å². The molecule has 0 fully saturated rings. The average molecular weight is 243 g/mol. The molecule has 0 saturated carbocycles.